The highest BCUT2D eigenvalue weighted by molar-refractivity contribution is 5.85. The second-order valence-corrected chi connectivity index (χ2v) is 7.58. The molecular weight excluding hydrogens is 322 g/mol. The first kappa shape index (κ1) is 18.8. The lowest BCUT2D eigenvalue weighted by Gasteiger charge is -2.36. The van der Waals surface area contributed by atoms with Crippen molar-refractivity contribution in [2.24, 2.45) is 5.92 Å². The predicted octanol–water partition coefficient (Wildman–Crippen LogP) is 4.46. The smallest absolute Gasteiger partial charge is 0.165 e. The standard InChI is InChI=1S/C23H29NO2/c1-18(2)15-21(23-22(25)13-14-26-23)24(16-19-9-5-3-6-10-19)17-20-11-7-4-8-12-20/h3-12,18,21,23H,13-17H2,1-2H3. The van der Waals surface area contributed by atoms with Gasteiger partial charge in [-0.2, -0.15) is 0 Å². The van der Waals surface area contributed by atoms with Gasteiger partial charge in [-0.15, -0.1) is 0 Å². The molecule has 2 aromatic rings. The molecule has 0 bridgehead atoms. The van der Waals surface area contributed by atoms with Crippen LogP contribution in [0.2, 0.25) is 0 Å². The van der Waals surface area contributed by atoms with Crippen LogP contribution in [0.1, 0.15) is 37.8 Å². The Bertz CT molecular complexity index is 642. The van der Waals surface area contributed by atoms with Gasteiger partial charge in [0, 0.05) is 25.6 Å². The van der Waals surface area contributed by atoms with Crippen LogP contribution in [0.25, 0.3) is 0 Å². The Hall–Kier alpha value is -1.97. The Morgan fingerprint density at radius 3 is 1.92 bits per heavy atom. The monoisotopic (exact) mass is 351 g/mol. The van der Waals surface area contributed by atoms with Gasteiger partial charge in [-0.3, -0.25) is 9.69 Å². The minimum atomic E-state index is -0.301. The molecule has 26 heavy (non-hydrogen) atoms. The molecule has 0 aliphatic carbocycles. The molecule has 0 radical (unpaired) electrons. The summed E-state index contributed by atoms with van der Waals surface area (Å²) in [4.78, 5) is 14.9. The number of Topliss-reactive ketones (excluding diaryl/α,β-unsaturated/α-hetero) is 1. The number of benzene rings is 2. The third-order valence-corrected chi connectivity index (χ3v) is 4.95. The van der Waals surface area contributed by atoms with E-state index in [9.17, 15) is 4.79 Å². The van der Waals surface area contributed by atoms with Crippen molar-refractivity contribution in [3.8, 4) is 0 Å². The molecular formula is C23H29NO2. The lowest BCUT2D eigenvalue weighted by molar-refractivity contribution is -0.126. The predicted molar refractivity (Wildman–Crippen MR) is 105 cm³/mol. The average Bonchev–Trinajstić information content (AvgIpc) is 3.06. The van der Waals surface area contributed by atoms with Gasteiger partial charge in [-0.25, -0.2) is 0 Å². The van der Waals surface area contributed by atoms with Gasteiger partial charge < -0.3 is 4.74 Å². The summed E-state index contributed by atoms with van der Waals surface area (Å²) in [5, 5.41) is 0. The number of ketones is 1. The number of hydrogen-bond donors (Lipinski definition) is 0. The molecule has 1 heterocycles. The maximum absolute atomic E-state index is 12.5. The van der Waals surface area contributed by atoms with Gasteiger partial charge >= 0.3 is 0 Å². The van der Waals surface area contributed by atoms with Crippen LogP contribution < -0.4 is 0 Å². The SMILES string of the molecule is CC(C)CC(C1OCCC1=O)N(Cc1ccccc1)Cc1ccccc1. The number of carbonyl (C=O) groups excluding carboxylic acids is 1. The van der Waals surface area contributed by atoms with Crippen molar-refractivity contribution in [2.75, 3.05) is 6.61 Å². The molecule has 2 unspecified atom stereocenters. The van der Waals surface area contributed by atoms with Gasteiger partial charge in [0.15, 0.2) is 5.78 Å². The van der Waals surface area contributed by atoms with E-state index in [1.54, 1.807) is 0 Å². The maximum atomic E-state index is 12.5. The summed E-state index contributed by atoms with van der Waals surface area (Å²) in [6, 6.07) is 21.1. The van der Waals surface area contributed by atoms with Crippen LogP contribution in [0, 0.1) is 5.92 Å². The number of hydrogen-bond acceptors (Lipinski definition) is 3. The van der Waals surface area contributed by atoms with E-state index < -0.39 is 0 Å². The fourth-order valence-electron chi connectivity index (χ4n) is 3.72. The second-order valence-electron chi connectivity index (χ2n) is 7.58. The summed E-state index contributed by atoms with van der Waals surface area (Å²) in [5.41, 5.74) is 2.53. The van der Waals surface area contributed by atoms with Crippen molar-refractivity contribution in [1.82, 2.24) is 4.90 Å². The molecule has 3 heteroatoms. The molecule has 0 amide bonds. The van der Waals surface area contributed by atoms with Crippen LogP contribution in [-0.2, 0) is 22.6 Å². The second kappa shape index (κ2) is 9.11. The number of carbonyl (C=O) groups is 1. The Balaban J connectivity index is 1.88. The third kappa shape index (κ3) is 5.03. The highest BCUT2D eigenvalue weighted by atomic mass is 16.5. The van der Waals surface area contributed by atoms with Gasteiger partial charge in [-0.05, 0) is 23.5 Å². The summed E-state index contributed by atoms with van der Waals surface area (Å²) in [7, 11) is 0. The van der Waals surface area contributed by atoms with E-state index in [1.165, 1.54) is 11.1 Å². The molecule has 1 fully saturated rings. The van der Waals surface area contributed by atoms with E-state index in [4.69, 9.17) is 4.74 Å². The zero-order chi connectivity index (χ0) is 18.4. The van der Waals surface area contributed by atoms with E-state index in [0.29, 0.717) is 18.9 Å². The first-order chi connectivity index (χ1) is 12.6. The van der Waals surface area contributed by atoms with Crippen molar-refractivity contribution in [2.45, 2.75) is 51.9 Å². The van der Waals surface area contributed by atoms with Gasteiger partial charge in [-0.1, -0.05) is 74.5 Å². The topological polar surface area (TPSA) is 29.5 Å². The van der Waals surface area contributed by atoms with Crippen LogP contribution in [-0.4, -0.2) is 29.4 Å². The highest BCUT2D eigenvalue weighted by Crippen LogP contribution is 2.26. The van der Waals surface area contributed by atoms with Gasteiger partial charge in [0.2, 0.25) is 0 Å². The minimum absolute atomic E-state index is 0.102. The maximum Gasteiger partial charge on any atom is 0.165 e. The van der Waals surface area contributed by atoms with Crippen molar-refractivity contribution < 1.29 is 9.53 Å². The molecule has 138 valence electrons. The van der Waals surface area contributed by atoms with E-state index >= 15 is 0 Å². The number of ether oxygens (including phenoxy) is 1. The molecule has 1 aliphatic heterocycles. The lowest BCUT2D eigenvalue weighted by Crippen LogP contribution is -2.46. The van der Waals surface area contributed by atoms with E-state index in [0.717, 1.165) is 19.5 Å². The Morgan fingerprint density at radius 2 is 1.50 bits per heavy atom. The minimum Gasteiger partial charge on any atom is -0.368 e. The molecule has 0 spiro atoms. The van der Waals surface area contributed by atoms with Gasteiger partial charge in [0.25, 0.3) is 0 Å². The fourth-order valence-corrected chi connectivity index (χ4v) is 3.72. The summed E-state index contributed by atoms with van der Waals surface area (Å²) in [5.74, 6) is 0.757. The largest absolute Gasteiger partial charge is 0.368 e. The molecule has 2 aromatic carbocycles. The Kier molecular flexibility index (Phi) is 6.59. The van der Waals surface area contributed by atoms with Crippen LogP contribution in [0.15, 0.2) is 60.7 Å². The van der Waals surface area contributed by atoms with Gasteiger partial charge in [0.05, 0.1) is 6.61 Å². The summed E-state index contributed by atoms with van der Waals surface area (Å²) >= 11 is 0. The Labute approximate surface area is 157 Å². The summed E-state index contributed by atoms with van der Waals surface area (Å²) < 4.78 is 5.89. The van der Waals surface area contributed by atoms with Crippen molar-refractivity contribution in [3.63, 3.8) is 0 Å². The molecule has 2 atom stereocenters. The molecule has 0 aromatic heterocycles. The first-order valence-electron chi connectivity index (χ1n) is 9.59. The lowest BCUT2D eigenvalue weighted by atomic mass is 9.94. The van der Waals surface area contributed by atoms with E-state index in [2.05, 4.69) is 67.3 Å². The molecule has 1 aliphatic rings. The first-order valence-corrected chi connectivity index (χ1v) is 9.59. The van der Waals surface area contributed by atoms with Crippen LogP contribution in [0.3, 0.4) is 0 Å². The molecule has 3 rings (SSSR count). The molecule has 0 N–H and O–H groups in total. The van der Waals surface area contributed by atoms with Crippen molar-refractivity contribution in [3.05, 3.63) is 71.8 Å². The molecule has 0 saturated carbocycles. The van der Waals surface area contributed by atoms with E-state index in [-0.39, 0.29) is 17.9 Å². The van der Waals surface area contributed by atoms with Gasteiger partial charge in [0.1, 0.15) is 6.10 Å². The average molecular weight is 351 g/mol. The van der Waals surface area contributed by atoms with Crippen molar-refractivity contribution >= 4 is 5.78 Å². The quantitative estimate of drug-likeness (QED) is 0.703. The van der Waals surface area contributed by atoms with E-state index in [1.807, 2.05) is 12.1 Å². The Morgan fingerprint density at radius 1 is 0.962 bits per heavy atom. The van der Waals surface area contributed by atoms with Crippen molar-refractivity contribution in [1.29, 1.82) is 0 Å². The zero-order valence-corrected chi connectivity index (χ0v) is 15.8. The third-order valence-electron chi connectivity index (χ3n) is 4.95. The van der Waals surface area contributed by atoms with Crippen LogP contribution in [0.5, 0.6) is 0 Å². The van der Waals surface area contributed by atoms with Crippen LogP contribution in [0.4, 0.5) is 0 Å². The highest BCUT2D eigenvalue weighted by Gasteiger charge is 2.37. The summed E-state index contributed by atoms with van der Waals surface area (Å²) in [6.07, 6.45) is 1.20. The summed E-state index contributed by atoms with van der Waals surface area (Å²) in [6.45, 7) is 6.63. The number of rotatable bonds is 8. The fraction of sp³-hybridized carbons (Fsp3) is 0.435. The normalized spacial score (nSPS) is 18.6. The zero-order valence-electron chi connectivity index (χ0n) is 15.8. The molecule has 3 nitrogen and oxygen atoms in total. The molecule has 1 saturated heterocycles. The van der Waals surface area contributed by atoms with Crippen LogP contribution >= 0.6 is 0 Å². The number of nitrogens with zero attached hydrogens (tertiary/aromatic N) is 1.